The lowest BCUT2D eigenvalue weighted by Crippen LogP contribution is -2.34. The number of hydrogen-bond donors (Lipinski definition) is 2. The van der Waals surface area contributed by atoms with Gasteiger partial charge in [-0.2, -0.15) is 0 Å². The van der Waals surface area contributed by atoms with Gasteiger partial charge in [0.1, 0.15) is 5.00 Å². The summed E-state index contributed by atoms with van der Waals surface area (Å²) in [6.45, 7) is 0. The molecule has 31 heavy (non-hydrogen) atoms. The lowest BCUT2D eigenvalue weighted by molar-refractivity contribution is -0.146. The van der Waals surface area contributed by atoms with E-state index in [2.05, 4.69) is 17.4 Å². The zero-order chi connectivity index (χ0) is 22.0. The summed E-state index contributed by atoms with van der Waals surface area (Å²) in [5, 5.41) is 12.8. The third-order valence-corrected chi connectivity index (χ3v) is 7.42. The lowest BCUT2D eigenvalue weighted by Gasteiger charge is -2.24. The molecule has 0 unspecified atom stereocenters. The number of nitrogens with one attached hydrogen (secondary N) is 1. The molecule has 0 spiro atoms. The van der Waals surface area contributed by atoms with Gasteiger partial charge < -0.3 is 15.2 Å². The summed E-state index contributed by atoms with van der Waals surface area (Å²) in [7, 11) is 1.33. The van der Waals surface area contributed by atoms with Gasteiger partial charge in [-0.3, -0.25) is 9.59 Å². The second-order valence-corrected chi connectivity index (χ2v) is 9.14. The molecule has 1 heterocycles. The first-order valence-electron chi connectivity index (χ1n) is 10.5. The summed E-state index contributed by atoms with van der Waals surface area (Å²) in [5.41, 5.74) is 2.63. The molecule has 2 N–H and O–H groups in total. The number of rotatable bonds is 5. The van der Waals surface area contributed by atoms with E-state index >= 15 is 0 Å². The van der Waals surface area contributed by atoms with E-state index in [1.165, 1.54) is 24.0 Å². The smallest absolute Gasteiger partial charge is 0.341 e. The molecule has 2 aliphatic rings. The molecular formula is C24H25NO5S. The highest BCUT2D eigenvalue weighted by Crippen LogP contribution is 2.43. The fraction of sp³-hybridized carbons (Fsp3) is 0.375. The average Bonchev–Trinajstić information content (AvgIpc) is 3.16. The van der Waals surface area contributed by atoms with Gasteiger partial charge in [0.15, 0.2) is 0 Å². The lowest BCUT2D eigenvalue weighted by atomic mass is 9.82. The quantitative estimate of drug-likeness (QED) is 0.532. The third-order valence-electron chi connectivity index (χ3n) is 6.25. The number of carbonyl (C=O) groups excluding carboxylic acids is 2. The first-order valence-corrected chi connectivity index (χ1v) is 11.3. The van der Waals surface area contributed by atoms with Gasteiger partial charge in [0, 0.05) is 4.88 Å². The first-order chi connectivity index (χ1) is 15.0. The topological polar surface area (TPSA) is 92.7 Å². The van der Waals surface area contributed by atoms with Crippen LogP contribution in [0.2, 0.25) is 0 Å². The zero-order valence-corrected chi connectivity index (χ0v) is 18.1. The van der Waals surface area contributed by atoms with Crippen molar-refractivity contribution < 1.29 is 24.2 Å². The van der Waals surface area contributed by atoms with Gasteiger partial charge in [-0.1, -0.05) is 42.5 Å². The molecule has 4 rings (SSSR count). The number of fused-ring (bicyclic) bond motifs is 1. The molecule has 0 fully saturated rings. The molecular weight excluding hydrogens is 414 g/mol. The van der Waals surface area contributed by atoms with Crippen molar-refractivity contribution in [2.45, 2.75) is 38.0 Å². The number of amides is 1. The van der Waals surface area contributed by atoms with Crippen molar-refractivity contribution in [2.24, 2.45) is 11.8 Å². The van der Waals surface area contributed by atoms with Crippen molar-refractivity contribution in [3.05, 3.63) is 64.1 Å². The molecule has 1 aromatic carbocycles. The number of methoxy groups -OCH3 is 1. The molecule has 162 valence electrons. The van der Waals surface area contributed by atoms with E-state index in [0.29, 0.717) is 29.3 Å². The van der Waals surface area contributed by atoms with Crippen LogP contribution in [0, 0.1) is 11.8 Å². The molecule has 6 nitrogen and oxygen atoms in total. The van der Waals surface area contributed by atoms with Crippen LogP contribution in [0.5, 0.6) is 0 Å². The Labute approximate surface area is 184 Å². The number of ether oxygens (including phenoxy) is 1. The van der Waals surface area contributed by atoms with Crippen LogP contribution in [-0.4, -0.2) is 30.1 Å². The number of esters is 1. The standard InChI is InChI=1S/C24H25NO5S/c1-30-24(29)20-18-12-11-15(14-7-3-2-4-8-14)13-19(18)31-22(20)25-21(26)16-9-5-6-10-17(16)23(27)28/h2-8,15-17H,9-13H2,1H3,(H,25,26)(H,27,28)/t15-,16-,17+/m1/s1. The number of anilines is 1. The summed E-state index contributed by atoms with van der Waals surface area (Å²) < 4.78 is 5.01. The highest BCUT2D eigenvalue weighted by molar-refractivity contribution is 7.17. The fourth-order valence-electron chi connectivity index (χ4n) is 4.58. The molecule has 0 saturated heterocycles. The van der Waals surface area contributed by atoms with E-state index in [1.54, 1.807) is 6.08 Å². The summed E-state index contributed by atoms with van der Waals surface area (Å²) in [6, 6.07) is 10.3. The number of aliphatic carboxylic acids is 1. The minimum absolute atomic E-state index is 0.330. The van der Waals surface area contributed by atoms with Crippen LogP contribution < -0.4 is 5.32 Å². The van der Waals surface area contributed by atoms with Crippen LogP contribution in [0.15, 0.2) is 42.5 Å². The van der Waals surface area contributed by atoms with Gasteiger partial charge in [-0.05, 0) is 49.1 Å². The van der Waals surface area contributed by atoms with Crippen molar-refractivity contribution in [1.82, 2.24) is 0 Å². The minimum atomic E-state index is -0.978. The van der Waals surface area contributed by atoms with Gasteiger partial charge in [0.25, 0.3) is 0 Å². The minimum Gasteiger partial charge on any atom is -0.481 e. The number of carboxylic acids is 1. The first kappa shape index (κ1) is 21.3. The number of carboxylic acid groups (broad SMARTS) is 1. The van der Waals surface area contributed by atoms with Crippen molar-refractivity contribution in [3.8, 4) is 0 Å². The molecule has 0 aliphatic heterocycles. The summed E-state index contributed by atoms with van der Waals surface area (Å²) in [5.74, 6) is -2.87. The Kier molecular flexibility index (Phi) is 6.23. The van der Waals surface area contributed by atoms with E-state index in [-0.39, 0.29) is 5.91 Å². The summed E-state index contributed by atoms with van der Waals surface area (Å²) >= 11 is 1.41. The molecule has 0 radical (unpaired) electrons. The number of allylic oxidation sites excluding steroid dienone is 2. The molecule has 3 atom stereocenters. The molecule has 1 amide bonds. The van der Waals surface area contributed by atoms with E-state index in [0.717, 1.165) is 29.7 Å². The van der Waals surface area contributed by atoms with E-state index in [9.17, 15) is 19.5 Å². The Hall–Kier alpha value is -2.93. The van der Waals surface area contributed by atoms with Crippen molar-refractivity contribution in [3.63, 3.8) is 0 Å². The summed E-state index contributed by atoms with van der Waals surface area (Å²) in [6.07, 6.45) is 6.79. The highest BCUT2D eigenvalue weighted by atomic mass is 32.1. The number of carbonyl (C=O) groups is 3. The van der Waals surface area contributed by atoms with E-state index < -0.39 is 23.8 Å². The SMILES string of the molecule is COC(=O)c1c(NC(=O)[C@@H]2CC=CC[C@@H]2C(=O)O)sc2c1CC[C@@H](c1ccccc1)C2. The average molecular weight is 440 g/mol. The largest absolute Gasteiger partial charge is 0.481 e. The van der Waals surface area contributed by atoms with Crippen molar-refractivity contribution in [1.29, 1.82) is 0 Å². The maximum absolute atomic E-state index is 13.0. The predicted molar refractivity (Wildman–Crippen MR) is 118 cm³/mol. The third kappa shape index (κ3) is 4.28. The number of thiophene rings is 1. The normalized spacial score (nSPS) is 22.4. The molecule has 2 aliphatic carbocycles. The number of benzene rings is 1. The van der Waals surface area contributed by atoms with Crippen LogP contribution in [0.1, 0.15) is 51.5 Å². The molecule has 2 aromatic rings. The Morgan fingerprint density at radius 3 is 2.48 bits per heavy atom. The van der Waals surface area contributed by atoms with Crippen molar-refractivity contribution >= 4 is 34.2 Å². The van der Waals surface area contributed by atoms with Crippen molar-refractivity contribution in [2.75, 3.05) is 12.4 Å². The molecule has 0 bridgehead atoms. The van der Waals surface area contributed by atoms with Gasteiger partial charge in [0.05, 0.1) is 24.5 Å². The Morgan fingerprint density at radius 2 is 1.81 bits per heavy atom. The molecule has 7 heteroatoms. The van der Waals surface area contributed by atoms with Gasteiger partial charge in [0.2, 0.25) is 5.91 Å². The van der Waals surface area contributed by atoms with Crippen LogP contribution >= 0.6 is 11.3 Å². The summed E-state index contributed by atoms with van der Waals surface area (Å²) in [4.78, 5) is 38.2. The Morgan fingerprint density at radius 1 is 1.10 bits per heavy atom. The maximum Gasteiger partial charge on any atom is 0.341 e. The Bertz CT molecular complexity index is 1030. The van der Waals surface area contributed by atoms with Gasteiger partial charge in [-0.25, -0.2) is 4.79 Å². The van der Waals surface area contributed by atoms with Gasteiger partial charge in [-0.15, -0.1) is 11.3 Å². The van der Waals surface area contributed by atoms with E-state index in [4.69, 9.17) is 4.74 Å². The van der Waals surface area contributed by atoms with Gasteiger partial charge >= 0.3 is 11.9 Å². The Balaban J connectivity index is 1.62. The second-order valence-electron chi connectivity index (χ2n) is 8.03. The van der Waals surface area contributed by atoms with Crippen LogP contribution in [0.4, 0.5) is 5.00 Å². The predicted octanol–water partition coefficient (Wildman–Crippen LogP) is 4.41. The molecule has 0 saturated carbocycles. The van der Waals surface area contributed by atoms with Crippen LogP contribution in [-0.2, 0) is 27.2 Å². The van der Waals surface area contributed by atoms with Crippen LogP contribution in [0.3, 0.4) is 0 Å². The highest BCUT2D eigenvalue weighted by Gasteiger charge is 2.36. The number of hydrogen-bond acceptors (Lipinski definition) is 5. The zero-order valence-electron chi connectivity index (χ0n) is 17.3. The maximum atomic E-state index is 13.0. The molecule has 1 aromatic heterocycles. The monoisotopic (exact) mass is 439 g/mol. The second kappa shape index (κ2) is 9.06. The van der Waals surface area contributed by atoms with E-state index in [1.807, 2.05) is 24.3 Å². The van der Waals surface area contributed by atoms with Crippen LogP contribution in [0.25, 0.3) is 0 Å². The fourth-order valence-corrected chi connectivity index (χ4v) is 5.90.